The van der Waals surface area contributed by atoms with Gasteiger partial charge in [0.2, 0.25) is 0 Å². The van der Waals surface area contributed by atoms with Gasteiger partial charge >= 0.3 is 6.18 Å². The minimum atomic E-state index is -4.67. The zero-order chi connectivity index (χ0) is 15.2. The number of rotatable bonds is 1. The lowest BCUT2D eigenvalue weighted by molar-refractivity contribution is -0.139. The first-order valence-electron chi connectivity index (χ1n) is 7.27. The molecular formula is C15H18F4N2. The summed E-state index contributed by atoms with van der Waals surface area (Å²) in [6.45, 7) is 0. The predicted octanol–water partition coefficient (Wildman–Crippen LogP) is 3.69. The van der Waals surface area contributed by atoms with Crippen LogP contribution in [0.5, 0.6) is 0 Å². The number of hydrogen-bond donors (Lipinski definition) is 1. The molecular weight excluding hydrogens is 284 g/mol. The van der Waals surface area contributed by atoms with Gasteiger partial charge in [-0.25, -0.2) is 4.39 Å². The molecule has 1 aromatic rings. The van der Waals surface area contributed by atoms with Gasteiger partial charge in [-0.2, -0.15) is 13.2 Å². The molecule has 0 saturated carbocycles. The van der Waals surface area contributed by atoms with Crippen LogP contribution in [-0.2, 0) is 6.18 Å². The van der Waals surface area contributed by atoms with Crippen LogP contribution in [-0.4, -0.2) is 18.1 Å². The second-order valence-corrected chi connectivity index (χ2v) is 6.04. The summed E-state index contributed by atoms with van der Waals surface area (Å²) < 4.78 is 52.0. The molecule has 2 nitrogen and oxygen atoms in total. The summed E-state index contributed by atoms with van der Waals surface area (Å²) >= 11 is 0. The van der Waals surface area contributed by atoms with Crippen molar-refractivity contribution in [3.63, 3.8) is 0 Å². The van der Waals surface area contributed by atoms with Crippen LogP contribution >= 0.6 is 0 Å². The standard InChI is InChI=1S/C15H18F4N2/c16-14-5-4-12(8-13(14)15(17,18)19)21-10-2-1-3-11(21)7-9(20)6-10/h4-5,8-11H,1-3,6-7,20H2. The van der Waals surface area contributed by atoms with Crippen LogP contribution < -0.4 is 10.6 Å². The Balaban J connectivity index is 1.97. The summed E-state index contributed by atoms with van der Waals surface area (Å²) in [4.78, 5) is 2.03. The Labute approximate surface area is 120 Å². The van der Waals surface area contributed by atoms with E-state index in [9.17, 15) is 17.6 Å². The normalized spacial score (nSPS) is 29.6. The third kappa shape index (κ3) is 2.73. The van der Waals surface area contributed by atoms with Gasteiger partial charge in [0.15, 0.2) is 0 Å². The van der Waals surface area contributed by atoms with E-state index in [2.05, 4.69) is 0 Å². The summed E-state index contributed by atoms with van der Waals surface area (Å²) in [5.41, 5.74) is 5.30. The van der Waals surface area contributed by atoms with Gasteiger partial charge in [-0.15, -0.1) is 0 Å². The molecule has 0 spiro atoms. The minimum absolute atomic E-state index is 0.110. The first-order valence-corrected chi connectivity index (χ1v) is 7.27. The van der Waals surface area contributed by atoms with Gasteiger partial charge in [0, 0.05) is 23.8 Å². The molecule has 2 unspecified atom stereocenters. The molecule has 1 aromatic carbocycles. The lowest BCUT2D eigenvalue weighted by Gasteiger charge is -2.49. The monoisotopic (exact) mass is 302 g/mol. The molecule has 0 aromatic heterocycles. The Morgan fingerprint density at radius 2 is 1.71 bits per heavy atom. The van der Waals surface area contributed by atoms with Crippen molar-refractivity contribution in [3.05, 3.63) is 29.6 Å². The van der Waals surface area contributed by atoms with Gasteiger partial charge in [-0.05, 0) is 50.3 Å². The highest BCUT2D eigenvalue weighted by Crippen LogP contribution is 2.40. The fourth-order valence-electron chi connectivity index (χ4n) is 3.74. The fourth-order valence-corrected chi connectivity index (χ4v) is 3.74. The van der Waals surface area contributed by atoms with Gasteiger partial charge in [-0.1, -0.05) is 0 Å². The maximum Gasteiger partial charge on any atom is 0.419 e. The topological polar surface area (TPSA) is 29.3 Å². The van der Waals surface area contributed by atoms with Crippen molar-refractivity contribution in [2.45, 2.75) is 56.4 Å². The third-order valence-corrected chi connectivity index (χ3v) is 4.56. The van der Waals surface area contributed by atoms with E-state index in [1.54, 1.807) is 0 Å². The van der Waals surface area contributed by atoms with Crippen LogP contribution in [0.25, 0.3) is 0 Å². The lowest BCUT2D eigenvalue weighted by Crippen LogP contribution is -2.55. The van der Waals surface area contributed by atoms with Crippen LogP contribution in [0.3, 0.4) is 0 Å². The number of halogens is 4. The molecule has 2 atom stereocenters. The molecule has 0 radical (unpaired) electrons. The van der Waals surface area contributed by atoms with Crippen molar-refractivity contribution in [2.24, 2.45) is 5.73 Å². The van der Waals surface area contributed by atoms with Gasteiger partial charge in [0.1, 0.15) is 5.82 Å². The Kier molecular flexibility index (Phi) is 3.59. The highest BCUT2D eigenvalue weighted by atomic mass is 19.4. The molecule has 3 rings (SSSR count). The minimum Gasteiger partial charge on any atom is -0.365 e. The number of piperidine rings is 2. The summed E-state index contributed by atoms with van der Waals surface area (Å²) in [6, 6.07) is 3.75. The maximum absolute atomic E-state index is 13.4. The summed E-state index contributed by atoms with van der Waals surface area (Å²) in [6.07, 6.45) is -0.149. The highest BCUT2D eigenvalue weighted by Gasteiger charge is 2.39. The van der Waals surface area contributed by atoms with Crippen molar-refractivity contribution in [1.29, 1.82) is 0 Å². The summed E-state index contributed by atoms with van der Waals surface area (Å²) in [5.74, 6) is -1.22. The molecule has 2 N–H and O–H groups in total. The second kappa shape index (κ2) is 5.16. The SMILES string of the molecule is NC1CC2CCCC(C1)N2c1ccc(F)c(C(F)(F)F)c1. The molecule has 116 valence electrons. The van der Waals surface area contributed by atoms with Crippen LogP contribution in [0.15, 0.2) is 18.2 Å². The van der Waals surface area contributed by atoms with Gasteiger partial charge in [0.25, 0.3) is 0 Å². The molecule has 2 bridgehead atoms. The van der Waals surface area contributed by atoms with E-state index in [4.69, 9.17) is 5.73 Å². The average molecular weight is 302 g/mol. The quantitative estimate of drug-likeness (QED) is 0.802. The Morgan fingerprint density at radius 3 is 2.29 bits per heavy atom. The largest absolute Gasteiger partial charge is 0.419 e. The zero-order valence-corrected chi connectivity index (χ0v) is 11.5. The van der Waals surface area contributed by atoms with Crippen LogP contribution in [0, 0.1) is 5.82 Å². The van der Waals surface area contributed by atoms with E-state index in [1.165, 1.54) is 6.07 Å². The first kappa shape index (κ1) is 14.6. The Morgan fingerprint density at radius 1 is 1.10 bits per heavy atom. The molecule has 0 aliphatic carbocycles. The van der Waals surface area contributed by atoms with Crippen molar-refractivity contribution in [2.75, 3.05) is 4.90 Å². The number of nitrogens with zero attached hydrogens (tertiary/aromatic N) is 1. The van der Waals surface area contributed by atoms with E-state index in [0.717, 1.165) is 44.2 Å². The number of nitrogens with two attached hydrogens (primary N) is 1. The maximum atomic E-state index is 13.4. The van der Waals surface area contributed by atoms with Gasteiger partial charge < -0.3 is 10.6 Å². The van der Waals surface area contributed by atoms with Crippen LogP contribution in [0.4, 0.5) is 23.2 Å². The predicted molar refractivity (Wildman–Crippen MR) is 72.5 cm³/mol. The van der Waals surface area contributed by atoms with Crippen molar-refractivity contribution in [1.82, 2.24) is 0 Å². The molecule has 2 saturated heterocycles. The molecule has 21 heavy (non-hydrogen) atoms. The van der Waals surface area contributed by atoms with Gasteiger partial charge in [0.05, 0.1) is 5.56 Å². The first-order chi connectivity index (χ1) is 9.86. The van der Waals surface area contributed by atoms with E-state index < -0.39 is 17.6 Å². The van der Waals surface area contributed by atoms with E-state index >= 15 is 0 Å². The van der Waals surface area contributed by atoms with Crippen molar-refractivity contribution >= 4 is 5.69 Å². The van der Waals surface area contributed by atoms with E-state index in [1.807, 2.05) is 4.90 Å². The summed E-state index contributed by atoms with van der Waals surface area (Å²) in [5, 5.41) is 0. The number of fused-ring (bicyclic) bond motifs is 2. The lowest BCUT2D eigenvalue weighted by atomic mass is 9.81. The molecule has 2 aliphatic heterocycles. The van der Waals surface area contributed by atoms with Crippen LogP contribution in [0.1, 0.15) is 37.7 Å². The number of benzene rings is 1. The molecule has 0 amide bonds. The summed E-state index contributed by atoms with van der Waals surface area (Å²) in [7, 11) is 0. The fraction of sp³-hybridized carbons (Fsp3) is 0.600. The highest BCUT2D eigenvalue weighted by molar-refractivity contribution is 5.52. The third-order valence-electron chi connectivity index (χ3n) is 4.56. The molecule has 6 heteroatoms. The Hall–Kier alpha value is -1.30. The van der Waals surface area contributed by atoms with E-state index in [0.29, 0.717) is 5.69 Å². The molecule has 2 heterocycles. The second-order valence-electron chi connectivity index (χ2n) is 6.04. The zero-order valence-electron chi connectivity index (χ0n) is 11.5. The molecule has 2 fully saturated rings. The smallest absolute Gasteiger partial charge is 0.365 e. The van der Waals surface area contributed by atoms with Crippen molar-refractivity contribution < 1.29 is 17.6 Å². The van der Waals surface area contributed by atoms with Crippen molar-refractivity contribution in [3.8, 4) is 0 Å². The number of anilines is 1. The molecule has 2 aliphatic rings. The van der Waals surface area contributed by atoms with E-state index in [-0.39, 0.29) is 18.1 Å². The van der Waals surface area contributed by atoms with Crippen LogP contribution in [0.2, 0.25) is 0 Å². The number of alkyl halides is 3. The average Bonchev–Trinajstić information content (AvgIpc) is 2.37. The number of hydrogen-bond acceptors (Lipinski definition) is 2. The Bertz CT molecular complexity index is 515. The van der Waals surface area contributed by atoms with Gasteiger partial charge in [-0.3, -0.25) is 0 Å².